The summed E-state index contributed by atoms with van der Waals surface area (Å²) in [5.74, 6) is 0.849. The molecule has 8 rings (SSSR count). The molecule has 2 saturated heterocycles. The van der Waals surface area contributed by atoms with Crippen molar-refractivity contribution in [3.63, 3.8) is 0 Å². The number of amides is 2. The van der Waals surface area contributed by atoms with Gasteiger partial charge in [-0.25, -0.2) is 23.9 Å². The number of aromatic amines is 1. The number of thiazole rings is 1. The Bertz CT molecular complexity index is 1990. The van der Waals surface area contributed by atoms with Crippen LogP contribution in [0.25, 0.3) is 11.4 Å². The summed E-state index contributed by atoms with van der Waals surface area (Å²) in [4.78, 5) is 50.5. The number of nitrogens with one attached hydrogen (secondary N) is 2. The molecule has 0 spiro atoms. The molecule has 2 N–H and O–H groups in total. The van der Waals surface area contributed by atoms with Crippen LogP contribution in [0.1, 0.15) is 60.3 Å². The summed E-state index contributed by atoms with van der Waals surface area (Å²) in [5, 5.41) is 6.01. The highest BCUT2D eigenvalue weighted by molar-refractivity contribution is 7.11. The molecule has 2 aromatic carbocycles. The fourth-order valence-electron chi connectivity index (χ4n) is 7.73. The van der Waals surface area contributed by atoms with Gasteiger partial charge in [0.2, 0.25) is 0 Å². The molecule has 0 radical (unpaired) electrons. The zero-order valence-corrected chi connectivity index (χ0v) is 29.7. The summed E-state index contributed by atoms with van der Waals surface area (Å²) < 4.78 is 19.3. The molecule has 2 amide bonds. The van der Waals surface area contributed by atoms with Crippen molar-refractivity contribution in [2.75, 3.05) is 44.7 Å². The predicted molar refractivity (Wildman–Crippen MR) is 195 cm³/mol. The number of carbonyl (C=O) groups excluding carboxylic acids is 2. The number of piperazine rings is 1. The van der Waals surface area contributed by atoms with Crippen LogP contribution in [0.3, 0.4) is 0 Å². The fraction of sp³-hybridized carbons (Fsp3) is 0.378. The van der Waals surface area contributed by atoms with E-state index in [1.165, 1.54) is 68.4 Å². The van der Waals surface area contributed by atoms with E-state index in [0.717, 1.165) is 17.1 Å². The van der Waals surface area contributed by atoms with Gasteiger partial charge < -0.3 is 19.9 Å². The number of aromatic nitrogens is 3. The van der Waals surface area contributed by atoms with E-state index in [-0.39, 0.29) is 17.1 Å². The fourth-order valence-corrected chi connectivity index (χ4v) is 8.58. The number of rotatable bonds is 8. The second-order valence-electron chi connectivity index (χ2n) is 13.4. The third-order valence-electron chi connectivity index (χ3n) is 10.3. The van der Waals surface area contributed by atoms with Gasteiger partial charge in [0.1, 0.15) is 17.7 Å². The van der Waals surface area contributed by atoms with E-state index in [1.807, 2.05) is 45.6 Å². The number of methoxy groups -OCH3 is 1. The van der Waals surface area contributed by atoms with Gasteiger partial charge in [-0.3, -0.25) is 14.8 Å². The van der Waals surface area contributed by atoms with E-state index in [0.29, 0.717) is 66.3 Å². The Morgan fingerprint density at radius 2 is 1.90 bits per heavy atom. The Labute approximate surface area is 304 Å². The van der Waals surface area contributed by atoms with Crippen LogP contribution >= 0.6 is 22.9 Å². The Morgan fingerprint density at radius 3 is 2.65 bits per heavy atom. The Morgan fingerprint density at radius 1 is 1.08 bits per heavy atom. The number of halogens is 2. The van der Waals surface area contributed by atoms with Crippen LogP contribution in [-0.2, 0) is 9.53 Å². The second-order valence-corrected chi connectivity index (χ2v) is 14.7. The molecule has 14 heteroatoms. The number of anilines is 1. The number of benzene rings is 2. The first-order chi connectivity index (χ1) is 24.9. The zero-order valence-electron chi connectivity index (χ0n) is 28.1. The number of ether oxygens (including phenoxy) is 1. The molecule has 2 atom stereocenters. The number of H-pyrrole nitrogens is 1. The van der Waals surface area contributed by atoms with E-state index in [2.05, 4.69) is 25.2 Å². The molecule has 5 heterocycles. The molecule has 2 unspecified atom stereocenters. The SMILES string of the molecule is COC(=O)C1=C(CN2CCN3C(=O)N(c4ccc(-c5ncc(C6CCCCC6)[nH]5)cc4)CC3C2)NC(c2nccs2)=NC1c1ccc(F)cc1Cl. The lowest BCUT2D eigenvalue weighted by atomic mass is 9.87. The van der Waals surface area contributed by atoms with Crippen molar-refractivity contribution in [1.29, 1.82) is 0 Å². The molecule has 11 nitrogen and oxygen atoms in total. The molecule has 1 saturated carbocycles. The molecular weight excluding hydrogens is 691 g/mol. The van der Waals surface area contributed by atoms with Crippen molar-refractivity contribution in [2.24, 2.45) is 4.99 Å². The van der Waals surface area contributed by atoms with Gasteiger partial charge >= 0.3 is 12.0 Å². The van der Waals surface area contributed by atoms with Crippen LogP contribution < -0.4 is 10.2 Å². The molecule has 264 valence electrons. The monoisotopic (exact) mass is 728 g/mol. The molecule has 4 aliphatic rings. The maximum atomic E-state index is 14.1. The molecule has 4 aromatic rings. The van der Waals surface area contributed by atoms with Crippen molar-refractivity contribution in [1.82, 2.24) is 30.1 Å². The number of hydrogen-bond acceptors (Lipinski definition) is 9. The number of hydrogen-bond donors (Lipinski definition) is 2. The predicted octanol–water partition coefficient (Wildman–Crippen LogP) is 6.52. The van der Waals surface area contributed by atoms with Gasteiger partial charge in [-0.1, -0.05) is 36.9 Å². The van der Waals surface area contributed by atoms with Gasteiger partial charge in [0.25, 0.3) is 0 Å². The summed E-state index contributed by atoms with van der Waals surface area (Å²) in [6.07, 6.45) is 9.94. The molecule has 1 aliphatic carbocycles. The Hall–Kier alpha value is -4.59. The van der Waals surface area contributed by atoms with Crippen molar-refractivity contribution < 1.29 is 18.7 Å². The minimum atomic E-state index is -0.839. The number of fused-ring (bicyclic) bond motifs is 1. The Kier molecular flexibility index (Phi) is 9.34. The lowest BCUT2D eigenvalue weighted by Crippen LogP contribution is -2.53. The van der Waals surface area contributed by atoms with E-state index < -0.39 is 17.8 Å². The number of imidazole rings is 1. The van der Waals surface area contributed by atoms with Crippen molar-refractivity contribution in [2.45, 2.75) is 50.1 Å². The van der Waals surface area contributed by atoms with Crippen LogP contribution in [0.2, 0.25) is 5.02 Å². The van der Waals surface area contributed by atoms with Gasteiger partial charge in [-0.05, 0) is 49.2 Å². The molecule has 0 bridgehead atoms. The standard InChI is InChI=1S/C37H38ClFN8O3S/c1-50-36(48)31-30(43-34(35-40-13-16-51-35)44-32(31)27-12-9-24(39)17-28(27)38)21-45-14-15-46-26(19-45)20-47(37(46)49)25-10-7-23(8-11-25)33-41-18-29(42-33)22-5-3-2-4-6-22/h7-13,16-18,22,26,32H,2-6,14-15,19-21H2,1H3,(H,41,42)(H,43,44). The van der Waals surface area contributed by atoms with Crippen LogP contribution in [-0.4, -0.2) is 88.5 Å². The first kappa shape index (κ1) is 33.5. The number of esters is 1. The van der Waals surface area contributed by atoms with E-state index in [1.54, 1.807) is 12.3 Å². The first-order valence-corrected chi connectivity index (χ1v) is 18.6. The number of nitrogens with zero attached hydrogens (tertiary/aromatic N) is 6. The second kappa shape index (κ2) is 14.2. The number of aliphatic imine (C=N–C) groups is 1. The third kappa shape index (κ3) is 6.65. The summed E-state index contributed by atoms with van der Waals surface area (Å²) in [6, 6.07) is 11.2. The first-order valence-electron chi connectivity index (χ1n) is 17.3. The van der Waals surface area contributed by atoms with E-state index >= 15 is 0 Å². The minimum Gasteiger partial charge on any atom is -0.466 e. The van der Waals surface area contributed by atoms with Gasteiger partial charge in [-0.2, -0.15) is 0 Å². The number of amidine groups is 1. The van der Waals surface area contributed by atoms with Gasteiger partial charge in [0.15, 0.2) is 10.8 Å². The average Bonchev–Trinajstić information content (AvgIpc) is 3.93. The summed E-state index contributed by atoms with van der Waals surface area (Å²) in [7, 11) is 1.32. The van der Waals surface area contributed by atoms with Crippen LogP contribution in [0.5, 0.6) is 0 Å². The van der Waals surface area contributed by atoms with Gasteiger partial charge in [0.05, 0.1) is 18.7 Å². The Balaban J connectivity index is 1.00. The van der Waals surface area contributed by atoms with Crippen LogP contribution in [0.4, 0.5) is 14.9 Å². The third-order valence-corrected chi connectivity index (χ3v) is 11.4. The maximum Gasteiger partial charge on any atom is 0.338 e. The normalized spacial score (nSPS) is 21.5. The maximum absolute atomic E-state index is 14.1. The smallest absolute Gasteiger partial charge is 0.338 e. The topological polar surface area (TPSA) is 119 Å². The minimum absolute atomic E-state index is 0.0144. The number of urea groups is 1. The summed E-state index contributed by atoms with van der Waals surface area (Å²) in [5.41, 5.74) is 4.42. The van der Waals surface area contributed by atoms with E-state index in [4.69, 9.17) is 21.3 Å². The molecule has 3 fully saturated rings. The van der Waals surface area contributed by atoms with Crippen LogP contribution in [0, 0.1) is 5.82 Å². The van der Waals surface area contributed by atoms with Gasteiger partial charge in [-0.15, -0.1) is 11.3 Å². The summed E-state index contributed by atoms with van der Waals surface area (Å²) >= 11 is 7.93. The average molecular weight is 729 g/mol. The molecule has 51 heavy (non-hydrogen) atoms. The molecular formula is C37H38ClFN8O3S. The number of carbonyl (C=O) groups is 2. The highest BCUT2D eigenvalue weighted by atomic mass is 35.5. The quantitative estimate of drug-likeness (QED) is 0.199. The molecule has 3 aliphatic heterocycles. The largest absolute Gasteiger partial charge is 0.466 e. The summed E-state index contributed by atoms with van der Waals surface area (Å²) in [6.45, 7) is 2.64. The lowest BCUT2D eigenvalue weighted by molar-refractivity contribution is -0.136. The highest BCUT2D eigenvalue weighted by Crippen LogP contribution is 2.38. The van der Waals surface area contributed by atoms with Crippen molar-refractivity contribution >= 4 is 46.5 Å². The highest BCUT2D eigenvalue weighted by Gasteiger charge is 2.42. The van der Waals surface area contributed by atoms with Gasteiger partial charge in [0, 0.05) is 89.6 Å². The van der Waals surface area contributed by atoms with E-state index in [9.17, 15) is 14.0 Å². The lowest BCUT2D eigenvalue weighted by Gasteiger charge is -2.38. The van der Waals surface area contributed by atoms with Crippen molar-refractivity contribution in [3.05, 3.63) is 98.6 Å². The van der Waals surface area contributed by atoms with Crippen LogP contribution in [0.15, 0.2) is 76.5 Å². The molecule has 2 aromatic heterocycles. The zero-order chi connectivity index (χ0) is 35.1. The van der Waals surface area contributed by atoms with Crippen molar-refractivity contribution in [3.8, 4) is 11.4 Å².